The van der Waals surface area contributed by atoms with Crippen LogP contribution in [0.5, 0.6) is 0 Å². The summed E-state index contributed by atoms with van der Waals surface area (Å²) in [6, 6.07) is -1.86. The number of amides is 4. The summed E-state index contributed by atoms with van der Waals surface area (Å²) in [4.78, 5) is 51.7. The van der Waals surface area contributed by atoms with Gasteiger partial charge in [0.15, 0.2) is 0 Å². The summed E-state index contributed by atoms with van der Waals surface area (Å²) >= 11 is 0. The minimum atomic E-state index is -5.17. The number of nitrogens with one attached hydrogen (secondary N) is 3. The van der Waals surface area contributed by atoms with Crippen LogP contribution in [0.4, 0.5) is 13.2 Å². The second-order valence-electron chi connectivity index (χ2n) is 11.3. The first-order valence-corrected chi connectivity index (χ1v) is 11.7. The summed E-state index contributed by atoms with van der Waals surface area (Å²) in [6.07, 6.45) is -4.20. The van der Waals surface area contributed by atoms with E-state index in [-0.39, 0.29) is 29.7 Å². The second-order valence-corrected chi connectivity index (χ2v) is 11.3. The lowest BCUT2D eigenvalue weighted by atomic mass is 9.85. The lowest BCUT2D eigenvalue weighted by Gasteiger charge is -2.38. The molecule has 0 spiro atoms. The van der Waals surface area contributed by atoms with Crippen molar-refractivity contribution in [1.29, 1.82) is 5.26 Å². The Morgan fingerprint density at radius 2 is 1.86 bits per heavy atom. The lowest BCUT2D eigenvalue weighted by Crippen LogP contribution is -2.61. The van der Waals surface area contributed by atoms with E-state index in [2.05, 4.69) is 10.6 Å². The normalized spacial score (nSPS) is 28.9. The Kier molecular flexibility index (Phi) is 6.87. The van der Waals surface area contributed by atoms with Crippen molar-refractivity contribution >= 4 is 23.6 Å². The Balaban J connectivity index is 1.81. The highest BCUT2D eigenvalue weighted by molar-refractivity contribution is 5.95. The molecule has 0 aromatic rings. The van der Waals surface area contributed by atoms with Gasteiger partial charge >= 0.3 is 12.1 Å². The van der Waals surface area contributed by atoms with Crippen molar-refractivity contribution in [1.82, 2.24) is 20.9 Å². The molecule has 0 aromatic heterocycles. The first kappa shape index (κ1) is 26.8. The molecule has 35 heavy (non-hydrogen) atoms. The van der Waals surface area contributed by atoms with Crippen LogP contribution in [0.25, 0.3) is 0 Å². The summed E-state index contributed by atoms with van der Waals surface area (Å²) in [5.74, 6) is -4.22. The van der Waals surface area contributed by atoms with E-state index in [1.54, 1.807) is 0 Å². The van der Waals surface area contributed by atoms with Gasteiger partial charge in [-0.2, -0.15) is 18.4 Å². The topological polar surface area (TPSA) is 131 Å². The predicted octanol–water partition coefficient (Wildman–Crippen LogP) is 1.24. The molecule has 6 atom stereocenters. The maximum atomic E-state index is 13.6. The molecule has 2 aliphatic heterocycles. The smallest absolute Gasteiger partial charge is 0.356 e. The standard InChI is InChI=1S/C23H32F3N5O4/c1-21(2,3)15(30-20(35)23(24,25)26)19(34)31-14(9-13-16(31)22(13,4)5)18(33)29-12(10-27)8-11-6-7-28-17(11)32/h11-16H,6-9H2,1-5H3,(H,28,32)(H,29,33)(H,30,35)/t11?,12-,13+,14-,15+,16-/m0/s1. The molecule has 4 amide bonds. The van der Waals surface area contributed by atoms with Crippen LogP contribution in [0.1, 0.15) is 53.9 Å². The van der Waals surface area contributed by atoms with E-state index in [1.165, 1.54) is 25.7 Å². The third-order valence-corrected chi connectivity index (χ3v) is 7.46. The monoisotopic (exact) mass is 499 g/mol. The van der Waals surface area contributed by atoms with Crippen molar-refractivity contribution in [3.8, 4) is 6.07 Å². The number of likely N-dealkylation sites (tertiary alicyclic amines) is 1. The van der Waals surface area contributed by atoms with Crippen molar-refractivity contribution in [3.63, 3.8) is 0 Å². The molecule has 3 rings (SSSR count). The van der Waals surface area contributed by atoms with Crippen molar-refractivity contribution in [2.45, 2.75) is 84.2 Å². The number of halogens is 3. The number of alkyl halides is 3. The minimum Gasteiger partial charge on any atom is -0.356 e. The molecule has 0 bridgehead atoms. The van der Waals surface area contributed by atoms with Crippen LogP contribution in [-0.2, 0) is 19.2 Å². The van der Waals surface area contributed by atoms with Gasteiger partial charge in [-0.15, -0.1) is 0 Å². The largest absolute Gasteiger partial charge is 0.471 e. The average molecular weight is 500 g/mol. The van der Waals surface area contributed by atoms with Crippen molar-refractivity contribution in [2.24, 2.45) is 22.7 Å². The third-order valence-electron chi connectivity index (χ3n) is 7.46. The maximum absolute atomic E-state index is 13.6. The molecule has 2 saturated heterocycles. The van der Waals surface area contributed by atoms with Crippen LogP contribution in [-0.4, -0.2) is 65.4 Å². The van der Waals surface area contributed by atoms with Crippen LogP contribution in [0.3, 0.4) is 0 Å². The number of carbonyl (C=O) groups is 4. The summed E-state index contributed by atoms with van der Waals surface area (Å²) in [5.41, 5.74) is -1.40. The van der Waals surface area contributed by atoms with Gasteiger partial charge in [0, 0.05) is 18.5 Å². The third kappa shape index (κ3) is 5.23. The van der Waals surface area contributed by atoms with Gasteiger partial charge in [0.1, 0.15) is 18.1 Å². The number of piperidine rings is 1. The molecule has 3 aliphatic rings. The van der Waals surface area contributed by atoms with Crippen molar-refractivity contribution < 1.29 is 32.3 Å². The number of hydrogen-bond donors (Lipinski definition) is 3. The molecule has 0 aromatic carbocycles. The molecule has 0 radical (unpaired) electrons. The van der Waals surface area contributed by atoms with E-state index < -0.39 is 53.4 Å². The molecule has 1 aliphatic carbocycles. The number of nitriles is 1. The maximum Gasteiger partial charge on any atom is 0.471 e. The molecule has 3 N–H and O–H groups in total. The van der Waals surface area contributed by atoms with Gasteiger partial charge in [-0.1, -0.05) is 34.6 Å². The first-order chi connectivity index (χ1) is 16.0. The van der Waals surface area contributed by atoms with Crippen LogP contribution in [0.15, 0.2) is 0 Å². The molecular formula is C23H32F3N5O4. The Bertz CT molecular complexity index is 952. The zero-order chi connectivity index (χ0) is 26.5. The molecule has 12 heteroatoms. The predicted molar refractivity (Wildman–Crippen MR) is 117 cm³/mol. The number of fused-ring (bicyclic) bond motifs is 1. The van der Waals surface area contributed by atoms with Crippen LogP contribution in [0, 0.1) is 34.0 Å². The molecule has 2 heterocycles. The zero-order valence-electron chi connectivity index (χ0n) is 20.5. The summed E-state index contributed by atoms with van der Waals surface area (Å²) in [5, 5.41) is 16.6. The molecule has 1 saturated carbocycles. The fraction of sp³-hybridized carbons (Fsp3) is 0.783. The first-order valence-electron chi connectivity index (χ1n) is 11.7. The Morgan fingerprint density at radius 1 is 1.23 bits per heavy atom. The van der Waals surface area contributed by atoms with E-state index >= 15 is 0 Å². The van der Waals surface area contributed by atoms with Crippen molar-refractivity contribution in [2.75, 3.05) is 6.54 Å². The molecule has 194 valence electrons. The number of hydrogen-bond acceptors (Lipinski definition) is 5. The minimum absolute atomic E-state index is 0.0396. The second kappa shape index (κ2) is 8.99. The van der Waals surface area contributed by atoms with Gasteiger partial charge < -0.3 is 20.9 Å². The Labute approximate surface area is 202 Å². The van der Waals surface area contributed by atoms with E-state index in [4.69, 9.17) is 0 Å². The zero-order valence-corrected chi connectivity index (χ0v) is 20.5. The van der Waals surface area contributed by atoms with Gasteiger partial charge in [0.05, 0.1) is 6.07 Å². The van der Waals surface area contributed by atoms with Crippen LogP contribution >= 0.6 is 0 Å². The molecule has 9 nitrogen and oxygen atoms in total. The van der Waals surface area contributed by atoms with Crippen LogP contribution in [0.2, 0.25) is 0 Å². The van der Waals surface area contributed by atoms with Gasteiger partial charge in [-0.3, -0.25) is 19.2 Å². The van der Waals surface area contributed by atoms with E-state index in [0.29, 0.717) is 19.4 Å². The highest BCUT2D eigenvalue weighted by Crippen LogP contribution is 2.62. The SMILES string of the molecule is CC(C)(C)[C@H](NC(=O)C(F)(F)F)C(=O)N1[C@H]2[C@@H](C[C@H]1C(=O)N[C@H](C#N)CC1CCNC1=O)C2(C)C. The summed E-state index contributed by atoms with van der Waals surface area (Å²) < 4.78 is 38.9. The fourth-order valence-corrected chi connectivity index (χ4v) is 5.35. The highest BCUT2D eigenvalue weighted by Gasteiger charge is 2.69. The Morgan fingerprint density at radius 3 is 2.34 bits per heavy atom. The molecular weight excluding hydrogens is 467 g/mol. The van der Waals surface area contributed by atoms with Crippen LogP contribution < -0.4 is 16.0 Å². The van der Waals surface area contributed by atoms with Gasteiger partial charge in [-0.25, -0.2) is 0 Å². The number of carbonyl (C=O) groups excluding carboxylic acids is 4. The average Bonchev–Trinajstić information content (AvgIpc) is 3.09. The summed E-state index contributed by atoms with van der Waals surface area (Å²) in [6.45, 7) is 8.92. The van der Waals surface area contributed by atoms with E-state index in [1.807, 2.05) is 25.2 Å². The Hall–Kier alpha value is -2.84. The fourth-order valence-electron chi connectivity index (χ4n) is 5.35. The van der Waals surface area contributed by atoms with E-state index in [9.17, 15) is 37.6 Å². The van der Waals surface area contributed by atoms with Gasteiger partial charge in [0.25, 0.3) is 0 Å². The summed E-state index contributed by atoms with van der Waals surface area (Å²) in [7, 11) is 0. The lowest BCUT2D eigenvalue weighted by molar-refractivity contribution is -0.176. The number of rotatable bonds is 6. The van der Waals surface area contributed by atoms with Gasteiger partial charge in [0.2, 0.25) is 17.7 Å². The van der Waals surface area contributed by atoms with Gasteiger partial charge in [-0.05, 0) is 36.0 Å². The highest BCUT2D eigenvalue weighted by atomic mass is 19.4. The molecule has 1 unspecified atom stereocenters. The quantitative estimate of drug-likeness (QED) is 0.506. The number of nitrogens with zero attached hydrogens (tertiary/aromatic N) is 2. The van der Waals surface area contributed by atoms with Crippen molar-refractivity contribution in [3.05, 3.63) is 0 Å². The van der Waals surface area contributed by atoms with E-state index in [0.717, 1.165) is 0 Å². The molecule has 3 fully saturated rings.